The van der Waals surface area contributed by atoms with Crippen molar-refractivity contribution in [1.29, 1.82) is 0 Å². The molecule has 1 aromatic carbocycles. The lowest BCUT2D eigenvalue weighted by Gasteiger charge is -2.06. The van der Waals surface area contributed by atoms with Crippen molar-refractivity contribution in [2.75, 3.05) is 6.54 Å². The summed E-state index contributed by atoms with van der Waals surface area (Å²) in [4.78, 5) is 24.5. The summed E-state index contributed by atoms with van der Waals surface area (Å²) in [5, 5.41) is 8.66. The second kappa shape index (κ2) is 6.55. The second-order valence-electron chi connectivity index (χ2n) is 3.55. The van der Waals surface area contributed by atoms with Crippen LogP contribution in [0.5, 0.6) is 0 Å². The Balaban J connectivity index is 2.61. The minimum Gasteiger partial charge on any atom is -0.480 e. The van der Waals surface area contributed by atoms with Gasteiger partial charge in [0.25, 0.3) is 0 Å². The number of carboxylic acid groups (broad SMARTS) is 1. The first kappa shape index (κ1) is 13.1. The molecule has 0 aliphatic rings. The molecule has 0 amide bonds. The van der Waals surface area contributed by atoms with Crippen molar-refractivity contribution in [1.82, 2.24) is 0 Å². The van der Waals surface area contributed by atoms with Crippen LogP contribution in [0.25, 0.3) is 0 Å². The van der Waals surface area contributed by atoms with Crippen molar-refractivity contribution in [2.45, 2.75) is 12.5 Å². The normalized spacial score (nSPS) is 12.5. The van der Waals surface area contributed by atoms with Gasteiger partial charge in [-0.3, -0.25) is 9.79 Å². The minimum atomic E-state index is -1.01. The molecule has 1 unspecified atom stereocenters. The minimum absolute atomic E-state index is 0.144. The molecule has 0 spiro atoms. The molecular formula is C12H14N2O3. The van der Waals surface area contributed by atoms with Crippen LogP contribution in [0.3, 0.4) is 0 Å². The van der Waals surface area contributed by atoms with Gasteiger partial charge in [-0.05, 0) is 17.5 Å². The molecule has 5 nitrogen and oxygen atoms in total. The van der Waals surface area contributed by atoms with E-state index in [9.17, 15) is 9.59 Å². The summed E-state index contributed by atoms with van der Waals surface area (Å²) < 4.78 is 0. The number of aldehydes is 1. The first-order valence-electron chi connectivity index (χ1n) is 5.14. The van der Waals surface area contributed by atoms with Crippen LogP contribution in [0.1, 0.15) is 11.1 Å². The van der Waals surface area contributed by atoms with Crippen molar-refractivity contribution in [3.8, 4) is 0 Å². The number of benzene rings is 1. The molecule has 3 N–H and O–H groups in total. The Labute approximate surface area is 99.0 Å². The van der Waals surface area contributed by atoms with E-state index in [-0.39, 0.29) is 6.54 Å². The van der Waals surface area contributed by atoms with Crippen LogP contribution in [0.4, 0.5) is 0 Å². The summed E-state index contributed by atoms with van der Waals surface area (Å²) in [5.41, 5.74) is 7.13. The van der Waals surface area contributed by atoms with Crippen LogP contribution in [0.2, 0.25) is 0 Å². The van der Waals surface area contributed by atoms with Crippen LogP contribution in [0.15, 0.2) is 29.3 Å². The monoisotopic (exact) mass is 234 g/mol. The first-order chi connectivity index (χ1) is 8.13. The molecule has 0 aliphatic heterocycles. The summed E-state index contributed by atoms with van der Waals surface area (Å²) in [5.74, 6) is -1.01. The number of nitrogens with zero attached hydrogens (tertiary/aromatic N) is 1. The van der Waals surface area contributed by atoms with E-state index >= 15 is 0 Å². The van der Waals surface area contributed by atoms with Crippen molar-refractivity contribution in [3.05, 3.63) is 35.4 Å². The summed E-state index contributed by atoms with van der Waals surface area (Å²) in [6.45, 7) is 0.144. The SMILES string of the molecule is NC(Cc1ccc(C=NCC=O)cc1)C(=O)O. The Kier molecular flexibility index (Phi) is 5.03. The zero-order chi connectivity index (χ0) is 12.7. The maximum Gasteiger partial charge on any atom is 0.320 e. The zero-order valence-corrected chi connectivity index (χ0v) is 9.24. The number of hydrogen-bond acceptors (Lipinski definition) is 4. The fraction of sp³-hybridized carbons (Fsp3) is 0.250. The van der Waals surface area contributed by atoms with Gasteiger partial charge in [-0.2, -0.15) is 0 Å². The standard InChI is InChI=1S/C12H14N2O3/c13-11(12(16)17)7-9-1-3-10(4-2-9)8-14-5-6-15/h1-4,6,8,11H,5,7,13H2,(H,16,17). The van der Waals surface area contributed by atoms with Crippen LogP contribution < -0.4 is 5.73 Å². The van der Waals surface area contributed by atoms with Crippen LogP contribution in [0, 0.1) is 0 Å². The number of hydrogen-bond donors (Lipinski definition) is 2. The van der Waals surface area contributed by atoms with E-state index in [4.69, 9.17) is 10.8 Å². The van der Waals surface area contributed by atoms with E-state index < -0.39 is 12.0 Å². The number of nitrogens with two attached hydrogens (primary N) is 1. The number of rotatable bonds is 6. The van der Waals surface area contributed by atoms with Gasteiger partial charge < -0.3 is 15.6 Å². The number of carbonyl (C=O) groups excluding carboxylic acids is 1. The third kappa shape index (κ3) is 4.56. The molecule has 17 heavy (non-hydrogen) atoms. The third-order valence-electron chi connectivity index (χ3n) is 2.17. The van der Waals surface area contributed by atoms with E-state index in [2.05, 4.69) is 4.99 Å². The molecule has 1 atom stereocenters. The van der Waals surface area contributed by atoms with Gasteiger partial charge in [0.05, 0.1) is 6.54 Å². The summed E-state index contributed by atoms with van der Waals surface area (Å²) in [6, 6.07) is 6.32. The van der Waals surface area contributed by atoms with E-state index in [0.717, 1.165) is 17.4 Å². The molecule has 90 valence electrons. The lowest BCUT2D eigenvalue weighted by Crippen LogP contribution is -2.32. The molecule has 5 heteroatoms. The number of aliphatic imine (C=N–C) groups is 1. The van der Waals surface area contributed by atoms with Gasteiger partial charge in [-0.15, -0.1) is 0 Å². The van der Waals surface area contributed by atoms with Crippen molar-refractivity contribution in [2.24, 2.45) is 10.7 Å². The Morgan fingerprint density at radius 2 is 2.06 bits per heavy atom. The smallest absolute Gasteiger partial charge is 0.320 e. The third-order valence-corrected chi connectivity index (χ3v) is 2.17. The Hall–Kier alpha value is -2.01. The average molecular weight is 234 g/mol. The highest BCUT2D eigenvalue weighted by Gasteiger charge is 2.11. The van der Waals surface area contributed by atoms with Gasteiger partial charge in [-0.1, -0.05) is 24.3 Å². The van der Waals surface area contributed by atoms with Crippen LogP contribution >= 0.6 is 0 Å². The van der Waals surface area contributed by atoms with Crippen molar-refractivity contribution >= 4 is 18.5 Å². The lowest BCUT2D eigenvalue weighted by molar-refractivity contribution is -0.138. The Morgan fingerprint density at radius 3 is 2.59 bits per heavy atom. The van der Waals surface area contributed by atoms with Gasteiger partial charge in [0.1, 0.15) is 12.3 Å². The zero-order valence-electron chi connectivity index (χ0n) is 9.24. The fourth-order valence-corrected chi connectivity index (χ4v) is 1.28. The number of carboxylic acids is 1. The van der Waals surface area contributed by atoms with Gasteiger partial charge in [-0.25, -0.2) is 0 Å². The molecular weight excluding hydrogens is 220 g/mol. The highest BCUT2D eigenvalue weighted by molar-refractivity contribution is 5.80. The number of aliphatic carboxylic acids is 1. The molecule has 0 radical (unpaired) electrons. The second-order valence-corrected chi connectivity index (χ2v) is 3.55. The quantitative estimate of drug-likeness (QED) is 0.545. The van der Waals surface area contributed by atoms with Gasteiger partial charge >= 0.3 is 5.97 Å². The van der Waals surface area contributed by atoms with Crippen LogP contribution in [-0.4, -0.2) is 36.2 Å². The van der Waals surface area contributed by atoms with E-state index in [1.54, 1.807) is 30.5 Å². The molecule has 1 aromatic rings. The average Bonchev–Trinajstić information content (AvgIpc) is 2.31. The van der Waals surface area contributed by atoms with Gasteiger partial charge in [0, 0.05) is 6.21 Å². The molecule has 0 saturated heterocycles. The van der Waals surface area contributed by atoms with E-state index in [0.29, 0.717) is 6.42 Å². The molecule has 0 bridgehead atoms. The Bertz CT molecular complexity index is 412. The van der Waals surface area contributed by atoms with E-state index in [1.807, 2.05) is 0 Å². The Morgan fingerprint density at radius 1 is 1.41 bits per heavy atom. The maximum absolute atomic E-state index is 10.6. The topological polar surface area (TPSA) is 92.8 Å². The summed E-state index contributed by atoms with van der Waals surface area (Å²) >= 11 is 0. The van der Waals surface area contributed by atoms with E-state index in [1.165, 1.54) is 0 Å². The molecule has 0 aliphatic carbocycles. The number of carbonyl (C=O) groups is 2. The molecule has 0 aromatic heterocycles. The van der Waals surface area contributed by atoms with Gasteiger partial charge in [0.15, 0.2) is 0 Å². The molecule has 0 fully saturated rings. The highest BCUT2D eigenvalue weighted by atomic mass is 16.4. The molecule has 1 rings (SSSR count). The van der Waals surface area contributed by atoms with Crippen molar-refractivity contribution < 1.29 is 14.7 Å². The predicted octanol–water partition coefficient (Wildman–Crippen LogP) is 0.259. The molecule has 0 saturated carbocycles. The van der Waals surface area contributed by atoms with Gasteiger partial charge in [0.2, 0.25) is 0 Å². The maximum atomic E-state index is 10.6. The van der Waals surface area contributed by atoms with Crippen molar-refractivity contribution in [3.63, 3.8) is 0 Å². The predicted molar refractivity (Wildman–Crippen MR) is 64.3 cm³/mol. The molecule has 0 heterocycles. The lowest BCUT2D eigenvalue weighted by atomic mass is 10.1. The summed E-state index contributed by atoms with van der Waals surface area (Å²) in [7, 11) is 0. The summed E-state index contributed by atoms with van der Waals surface area (Å²) in [6.07, 6.45) is 2.60. The van der Waals surface area contributed by atoms with Crippen LogP contribution in [-0.2, 0) is 16.0 Å². The highest BCUT2D eigenvalue weighted by Crippen LogP contribution is 2.05. The first-order valence-corrected chi connectivity index (χ1v) is 5.14. The largest absolute Gasteiger partial charge is 0.480 e. The fourth-order valence-electron chi connectivity index (χ4n) is 1.28.